The van der Waals surface area contributed by atoms with Crippen molar-refractivity contribution >= 4 is 5.91 Å². The van der Waals surface area contributed by atoms with Gasteiger partial charge in [0, 0.05) is 6.42 Å². The Morgan fingerprint density at radius 1 is 0.329 bits per heavy atom. The van der Waals surface area contributed by atoms with Crippen molar-refractivity contribution in [3.8, 4) is 0 Å². The monoisotopic (exact) mass is 984 g/mol. The maximum atomic E-state index is 12.5. The van der Waals surface area contributed by atoms with Crippen molar-refractivity contribution in [3.63, 3.8) is 0 Å². The molecule has 0 heterocycles. The summed E-state index contributed by atoms with van der Waals surface area (Å²) >= 11 is 0. The fourth-order valence-electron chi connectivity index (χ4n) is 10.5. The van der Waals surface area contributed by atoms with E-state index < -0.39 is 12.1 Å². The van der Waals surface area contributed by atoms with Gasteiger partial charge in [-0.15, -0.1) is 0 Å². The number of allylic oxidation sites excluding steroid dienone is 3. The van der Waals surface area contributed by atoms with Crippen LogP contribution in [-0.2, 0) is 4.79 Å². The summed E-state index contributed by atoms with van der Waals surface area (Å²) in [6, 6.07) is -0.620. The molecule has 0 saturated heterocycles. The fraction of sp³-hybridized carbons (Fsp3) is 0.924. The lowest BCUT2D eigenvalue weighted by atomic mass is 10.0. The predicted octanol–water partition coefficient (Wildman–Crippen LogP) is 21.8. The number of carbonyl (C=O) groups is 1. The van der Waals surface area contributed by atoms with Crippen molar-refractivity contribution in [2.24, 2.45) is 0 Å². The molecule has 4 nitrogen and oxygen atoms in total. The third kappa shape index (κ3) is 57.8. The molecule has 0 aliphatic carbocycles. The Kier molecular flexibility index (Phi) is 61.2. The molecule has 0 aromatic heterocycles. The van der Waals surface area contributed by atoms with Gasteiger partial charge in [0.05, 0.1) is 18.8 Å². The van der Waals surface area contributed by atoms with Crippen molar-refractivity contribution in [2.75, 3.05) is 6.61 Å². The first-order valence-electron chi connectivity index (χ1n) is 32.6. The number of nitrogens with one attached hydrogen (secondary N) is 1. The van der Waals surface area contributed by atoms with Crippen LogP contribution in [0, 0.1) is 0 Å². The van der Waals surface area contributed by atoms with Crippen molar-refractivity contribution in [3.05, 3.63) is 24.3 Å². The number of amides is 1. The predicted molar refractivity (Wildman–Crippen MR) is 313 cm³/mol. The average molecular weight is 985 g/mol. The van der Waals surface area contributed by atoms with Crippen LogP contribution in [0.3, 0.4) is 0 Å². The van der Waals surface area contributed by atoms with Crippen molar-refractivity contribution < 1.29 is 15.0 Å². The first-order chi connectivity index (χ1) is 34.7. The lowest BCUT2D eigenvalue weighted by Gasteiger charge is -2.20. The van der Waals surface area contributed by atoms with Crippen molar-refractivity contribution in [1.29, 1.82) is 0 Å². The van der Waals surface area contributed by atoms with Crippen LogP contribution in [0.1, 0.15) is 373 Å². The lowest BCUT2D eigenvalue weighted by molar-refractivity contribution is -0.123. The van der Waals surface area contributed by atoms with Crippen LogP contribution >= 0.6 is 0 Å². The van der Waals surface area contributed by atoms with Crippen LogP contribution in [0.5, 0.6) is 0 Å². The summed E-state index contributed by atoms with van der Waals surface area (Å²) in [5.41, 5.74) is 0. The molecule has 4 heteroatoms. The second-order valence-electron chi connectivity index (χ2n) is 22.5. The van der Waals surface area contributed by atoms with Crippen LogP contribution in [0.2, 0.25) is 0 Å². The minimum absolute atomic E-state index is 0.0551. The molecule has 2 unspecified atom stereocenters. The van der Waals surface area contributed by atoms with Crippen LogP contribution in [-0.4, -0.2) is 34.9 Å². The van der Waals surface area contributed by atoms with Gasteiger partial charge in [0.2, 0.25) is 5.91 Å². The zero-order chi connectivity index (χ0) is 50.6. The second kappa shape index (κ2) is 62.2. The Hall–Kier alpha value is -1.13. The molecule has 0 rings (SSSR count). The molecular formula is C66H129NO3. The number of hydrogen-bond acceptors (Lipinski definition) is 3. The van der Waals surface area contributed by atoms with E-state index in [2.05, 4.69) is 31.3 Å². The molecular weight excluding hydrogens is 855 g/mol. The first kappa shape index (κ1) is 68.9. The highest BCUT2D eigenvalue weighted by atomic mass is 16.3. The van der Waals surface area contributed by atoms with Crippen molar-refractivity contribution in [2.45, 2.75) is 386 Å². The molecule has 0 aliphatic heterocycles. The van der Waals surface area contributed by atoms with E-state index in [4.69, 9.17) is 0 Å². The summed E-state index contributed by atoms with van der Waals surface area (Å²) in [6.45, 7) is 4.35. The molecule has 0 aromatic rings. The van der Waals surface area contributed by atoms with E-state index in [0.29, 0.717) is 6.42 Å². The van der Waals surface area contributed by atoms with Gasteiger partial charge in [-0.25, -0.2) is 0 Å². The largest absolute Gasteiger partial charge is 0.394 e. The lowest BCUT2D eigenvalue weighted by Crippen LogP contribution is -2.45. The number of rotatable bonds is 61. The zero-order valence-corrected chi connectivity index (χ0v) is 48.1. The Bertz CT molecular complexity index is 1020. The quantitative estimate of drug-likeness (QED) is 0.0420. The molecule has 2 atom stereocenters. The topological polar surface area (TPSA) is 69.6 Å². The molecule has 1 amide bonds. The summed E-state index contributed by atoms with van der Waals surface area (Å²) in [5.74, 6) is -0.0551. The highest BCUT2D eigenvalue weighted by Crippen LogP contribution is 2.19. The van der Waals surface area contributed by atoms with Crippen LogP contribution in [0.4, 0.5) is 0 Å². The molecule has 70 heavy (non-hydrogen) atoms. The van der Waals surface area contributed by atoms with Gasteiger partial charge in [-0.05, 0) is 44.9 Å². The average Bonchev–Trinajstić information content (AvgIpc) is 3.36. The van der Waals surface area contributed by atoms with Gasteiger partial charge in [-0.1, -0.05) is 346 Å². The van der Waals surface area contributed by atoms with Gasteiger partial charge < -0.3 is 15.5 Å². The second-order valence-corrected chi connectivity index (χ2v) is 22.5. The van der Waals surface area contributed by atoms with Gasteiger partial charge in [0.15, 0.2) is 0 Å². The summed E-state index contributed by atoms with van der Waals surface area (Å²) in [6.07, 6.45) is 83.9. The molecule has 0 fully saturated rings. The summed E-state index contributed by atoms with van der Waals surface area (Å²) in [4.78, 5) is 12.5. The number of carbonyl (C=O) groups excluding carboxylic acids is 1. The van der Waals surface area contributed by atoms with E-state index >= 15 is 0 Å². The third-order valence-electron chi connectivity index (χ3n) is 15.4. The summed E-state index contributed by atoms with van der Waals surface area (Å²) in [7, 11) is 0. The smallest absolute Gasteiger partial charge is 0.220 e. The van der Waals surface area contributed by atoms with Gasteiger partial charge >= 0.3 is 0 Å². The van der Waals surface area contributed by atoms with Gasteiger partial charge in [-0.3, -0.25) is 4.79 Å². The minimum atomic E-state index is -0.837. The molecule has 0 aromatic carbocycles. The van der Waals surface area contributed by atoms with Crippen LogP contribution < -0.4 is 5.32 Å². The van der Waals surface area contributed by atoms with Gasteiger partial charge in [0.1, 0.15) is 0 Å². The maximum Gasteiger partial charge on any atom is 0.220 e. The summed E-state index contributed by atoms with van der Waals surface area (Å²) in [5, 5.41) is 23.3. The van der Waals surface area contributed by atoms with Crippen molar-refractivity contribution in [1.82, 2.24) is 5.32 Å². The van der Waals surface area contributed by atoms with E-state index in [0.717, 1.165) is 25.7 Å². The SMILES string of the molecule is CCCCCCCCCC/C=C\CCCCCCCCCCCCCCCCCCCCCCCCCC(=O)NC(CO)C(O)/C=C/CCCCCCCCCCCCCCCCCCCCCCC. The molecule has 3 N–H and O–H groups in total. The summed E-state index contributed by atoms with van der Waals surface area (Å²) < 4.78 is 0. The third-order valence-corrected chi connectivity index (χ3v) is 15.4. The molecule has 0 spiro atoms. The molecule has 0 radical (unpaired) electrons. The van der Waals surface area contributed by atoms with E-state index in [9.17, 15) is 15.0 Å². The molecule has 0 aliphatic rings. The Balaban J connectivity index is 3.40. The van der Waals surface area contributed by atoms with Crippen LogP contribution in [0.15, 0.2) is 24.3 Å². The zero-order valence-electron chi connectivity index (χ0n) is 48.1. The van der Waals surface area contributed by atoms with Crippen LogP contribution in [0.25, 0.3) is 0 Å². The van der Waals surface area contributed by atoms with E-state index in [-0.39, 0.29) is 12.5 Å². The minimum Gasteiger partial charge on any atom is -0.394 e. The normalized spacial score (nSPS) is 12.8. The number of aliphatic hydroxyl groups is 2. The standard InChI is InChI=1S/C66H129NO3/c1-3-5-7-9-11-13-15-17-19-21-23-25-27-28-29-30-31-32-33-34-35-36-37-38-40-42-44-46-48-50-52-54-56-58-60-62-66(70)67-64(63-68)65(69)61-59-57-55-53-51-49-47-45-43-41-39-26-24-22-20-18-16-14-12-10-8-6-4-2/h21,23,59,61,64-65,68-69H,3-20,22,24-58,60,62-63H2,1-2H3,(H,67,70)/b23-21-,61-59+. The van der Waals surface area contributed by atoms with E-state index in [1.807, 2.05) is 6.08 Å². The Labute approximate surface area is 440 Å². The molecule has 0 bridgehead atoms. The fourth-order valence-corrected chi connectivity index (χ4v) is 10.5. The Morgan fingerprint density at radius 2 is 0.543 bits per heavy atom. The number of aliphatic hydroxyl groups excluding tert-OH is 2. The van der Waals surface area contributed by atoms with E-state index in [1.54, 1.807) is 6.08 Å². The van der Waals surface area contributed by atoms with E-state index in [1.165, 1.54) is 327 Å². The van der Waals surface area contributed by atoms with Gasteiger partial charge in [-0.2, -0.15) is 0 Å². The number of hydrogen-bond donors (Lipinski definition) is 3. The molecule has 0 saturated carbocycles. The highest BCUT2D eigenvalue weighted by molar-refractivity contribution is 5.76. The maximum absolute atomic E-state index is 12.5. The highest BCUT2D eigenvalue weighted by Gasteiger charge is 2.18. The first-order valence-corrected chi connectivity index (χ1v) is 32.6. The molecule has 416 valence electrons. The Morgan fingerprint density at radius 3 is 0.786 bits per heavy atom. The number of unbranched alkanes of at least 4 members (excludes halogenated alkanes) is 52. The van der Waals surface area contributed by atoms with Gasteiger partial charge in [0.25, 0.3) is 0 Å².